The lowest BCUT2D eigenvalue weighted by atomic mass is 10.4. The number of rotatable bonds is 9. The summed E-state index contributed by atoms with van der Waals surface area (Å²) in [5.74, 6) is -0.609. The van der Waals surface area contributed by atoms with Crippen LogP contribution in [0.3, 0.4) is 0 Å². The van der Waals surface area contributed by atoms with Gasteiger partial charge in [0.25, 0.3) is 0 Å². The van der Waals surface area contributed by atoms with E-state index in [0.717, 1.165) is 12.8 Å². The van der Waals surface area contributed by atoms with Gasteiger partial charge < -0.3 is 18.9 Å². The first-order valence-electron chi connectivity index (χ1n) is 6.19. The number of esters is 1. The maximum atomic E-state index is 11.4. The van der Waals surface area contributed by atoms with Gasteiger partial charge in [0.1, 0.15) is 6.61 Å². The van der Waals surface area contributed by atoms with E-state index in [1.807, 2.05) is 0 Å². The molecule has 0 N–H and O–H groups in total. The van der Waals surface area contributed by atoms with Crippen molar-refractivity contribution >= 4 is 12.1 Å². The van der Waals surface area contributed by atoms with Crippen LogP contribution in [0.4, 0.5) is 4.79 Å². The Kier molecular flexibility index (Phi) is 10.0. The molecule has 0 aliphatic rings. The first-order valence-corrected chi connectivity index (χ1v) is 6.19. The third kappa shape index (κ3) is 8.81. The highest BCUT2D eigenvalue weighted by Gasteiger charge is 2.19. The van der Waals surface area contributed by atoms with E-state index in [2.05, 4.69) is 16.4 Å². The molecule has 0 aromatic carbocycles. The minimum atomic E-state index is -0.973. The van der Waals surface area contributed by atoms with Gasteiger partial charge in [0.15, 0.2) is 6.10 Å². The molecule has 0 fully saturated rings. The van der Waals surface area contributed by atoms with Gasteiger partial charge in [0, 0.05) is 6.61 Å². The number of hydrogen-bond acceptors (Lipinski definition) is 6. The highest BCUT2D eigenvalue weighted by molar-refractivity contribution is 5.76. The quantitative estimate of drug-likeness (QED) is 0.467. The Hall–Kier alpha value is -1.30. The van der Waals surface area contributed by atoms with Gasteiger partial charge in [-0.05, 0) is 20.3 Å². The second-order valence-corrected chi connectivity index (χ2v) is 3.58. The van der Waals surface area contributed by atoms with Crippen molar-refractivity contribution in [3.8, 4) is 0 Å². The van der Waals surface area contributed by atoms with Crippen LogP contribution in [-0.2, 0) is 23.7 Å². The van der Waals surface area contributed by atoms with Crippen molar-refractivity contribution in [2.24, 2.45) is 0 Å². The van der Waals surface area contributed by atoms with Crippen LogP contribution in [-0.4, -0.2) is 44.7 Å². The standard InChI is InChI=1S/C12H22O6/c1-4-6-7-15-8-9-17-11(13)10(3)18-12(14)16-5-2/h10H,4-9H2,1-3H3. The summed E-state index contributed by atoms with van der Waals surface area (Å²) in [7, 11) is 0. The summed E-state index contributed by atoms with van der Waals surface area (Å²) in [6.45, 7) is 6.50. The molecule has 0 aromatic rings. The fraction of sp³-hybridized carbons (Fsp3) is 0.833. The maximum absolute atomic E-state index is 11.4. The van der Waals surface area contributed by atoms with E-state index >= 15 is 0 Å². The molecule has 6 heteroatoms. The van der Waals surface area contributed by atoms with Crippen LogP contribution >= 0.6 is 0 Å². The van der Waals surface area contributed by atoms with Crippen molar-refractivity contribution in [3.63, 3.8) is 0 Å². The maximum Gasteiger partial charge on any atom is 0.509 e. The lowest BCUT2D eigenvalue weighted by molar-refractivity contribution is -0.155. The zero-order valence-electron chi connectivity index (χ0n) is 11.3. The molecular formula is C12H22O6. The molecule has 0 bridgehead atoms. The van der Waals surface area contributed by atoms with Crippen LogP contribution in [0, 0.1) is 0 Å². The molecule has 0 saturated heterocycles. The summed E-state index contributed by atoms with van der Waals surface area (Å²) in [4.78, 5) is 22.3. The number of hydrogen-bond donors (Lipinski definition) is 0. The molecule has 6 nitrogen and oxygen atoms in total. The van der Waals surface area contributed by atoms with Crippen LogP contribution in [0.15, 0.2) is 0 Å². The second-order valence-electron chi connectivity index (χ2n) is 3.58. The molecule has 106 valence electrons. The minimum absolute atomic E-state index is 0.152. The molecule has 0 aliphatic heterocycles. The van der Waals surface area contributed by atoms with Crippen LogP contribution in [0.25, 0.3) is 0 Å². The van der Waals surface area contributed by atoms with E-state index in [1.165, 1.54) is 6.92 Å². The van der Waals surface area contributed by atoms with E-state index in [1.54, 1.807) is 6.92 Å². The van der Waals surface area contributed by atoms with Gasteiger partial charge >= 0.3 is 12.1 Å². The highest BCUT2D eigenvalue weighted by atomic mass is 16.7. The normalized spacial score (nSPS) is 11.7. The van der Waals surface area contributed by atoms with Gasteiger partial charge in [-0.1, -0.05) is 13.3 Å². The van der Waals surface area contributed by atoms with Crippen molar-refractivity contribution in [3.05, 3.63) is 0 Å². The average Bonchev–Trinajstić information content (AvgIpc) is 2.33. The summed E-state index contributed by atoms with van der Waals surface area (Å²) in [6, 6.07) is 0. The van der Waals surface area contributed by atoms with E-state index in [4.69, 9.17) is 9.47 Å². The average molecular weight is 262 g/mol. The predicted octanol–water partition coefficient (Wildman–Crippen LogP) is 1.91. The Morgan fingerprint density at radius 1 is 1.06 bits per heavy atom. The third-order valence-electron chi connectivity index (χ3n) is 1.98. The van der Waals surface area contributed by atoms with Crippen molar-refractivity contribution in [2.45, 2.75) is 39.7 Å². The molecule has 0 amide bonds. The van der Waals surface area contributed by atoms with Crippen molar-refractivity contribution in [1.29, 1.82) is 0 Å². The summed E-state index contributed by atoms with van der Waals surface area (Å²) in [5, 5.41) is 0. The summed E-state index contributed by atoms with van der Waals surface area (Å²) in [6.07, 6.45) is 0.196. The molecule has 0 radical (unpaired) electrons. The molecule has 0 saturated carbocycles. The summed E-state index contributed by atoms with van der Waals surface area (Å²) in [5.41, 5.74) is 0. The van der Waals surface area contributed by atoms with Crippen molar-refractivity contribution in [1.82, 2.24) is 0 Å². The van der Waals surface area contributed by atoms with Crippen LogP contribution in [0.1, 0.15) is 33.6 Å². The first-order chi connectivity index (χ1) is 8.61. The number of ether oxygens (including phenoxy) is 4. The Balaban J connectivity index is 3.58. The molecule has 18 heavy (non-hydrogen) atoms. The van der Waals surface area contributed by atoms with Gasteiger partial charge in [-0.25, -0.2) is 9.59 Å². The van der Waals surface area contributed by atoms with E-state index in [0.29, 0.717) is 13.2 Å². The Morgan fingerprint density at radius 2 is 1.78 bits per heavy atom. The fourth-order valence-electron chi connectivity index (χ4n) is 1.01. The largest absolute Gasteiger partial charge is 0.509 e. The van der Waals surface area contributed by atoms with Crippen LogP contribution in [0.5, 0.6) is 0 Å². The third-order valence-corrected chi connectivity index (χ3v) is 1.98. The van der Waals surface area contributed by atoms with Crippen molar-refractivity contribution in [2.75, 3.05) is 26.4 Å². The predicted molar refractivity (Wildman–Crippen MR) is 64.3 cm³/mol. The van der Waals surface area contributed by atoms with Crippen LogP contribution < -0.4 is 0 Å². The minimum Gasteiger partial charge on any atom is -0.461 e. The van der Waals surface area contributed by atoms with Gasteiger partial charge in [-0.15, -0.1) is 0 Å². The SMILES string of the molecule is CCCCOCCOC(=O)C(C)OC(=O)OCC. The monoisotopic (exact) mass is 262 g/mol. The number of carbonyl (C=O) groups is 2. The number of unbranched alkanes of at least 4 members (excludes halogenated alkanes) is 1. The molecule has 0 spiro atoms. The smallest absolute Gasteiger partial charge is 0.461 e. The van der Waals surface area contributed by atoms with Crippen molar-refractivity contribution < 1.29 is 28.5 Å². The molecule has 1 atom stereocenters. The topological polar surface area (TPSA) is 71.1 Å². The molecule has 0 heterocycles. The second kappa shape index (κ2) is 10.8. The molecule has 0 aliphatic carbocycles. The van der Waals surface area contributed by atoms with Gasteiger partial charge in [0.05, 0.1) is 13.2 Å². The summed E-state index contributed by atoms with van der Waals surface area (Å²) >= 11 is 0. The highest BCUT2D eigenvalue weighted by Crippen LogP contribution is 1.98. The molecule has 1 unspecified atom stereocenters. The van der Waals surface area contributed by atoms with Gasteiger partial charge in [-0.2, -0.15) is 0 Å². The van der Waals surface area contributed by atoms with Crippen LogP contribution in [0.2, 0.25) is 0 Å². The lowest BCUT2D eigenvalue weighted by Crippen LogP contribution is -2.27. The van der Waals surface area contributed by atoms with E-state index in [-0.39, 0.29) is 13.2 Å². The number of carbonyl (C=O) groups excluding carboxylic acids is 2. The molecule has 0 rings (SSSR count). The van der Waals surface area contributed by atoms with E-state index < -0.39 is 18.2 Å². The first kappa shape index (κ1) is 16.7. The van der Waals surface area contributed by atoms with Gasteiger partial charge in [0.2, 0.25) is 0 Å². The summed E-state index contributed by atoms with van der Waals surface area (Å²) < 4.78 is 19.3. The zero-order valence-corrected chi connectivity index (χ0v) is 11.3. The molecular weight excluding hydrogens is 240 g/mol. The Morgan fingerprint density at radius 3 is 2.39 bits per heavy atom. The van der Waals surface area contributed by atoms with E-state index in [9.17, 15) is 9.59 Å². The fourth-order valence-corrected chi connectivity index (χ4v) is 1.01. The Labute approximate surface area is 108 Å². The molecule has 0 aromatic heterocycles. The Bertz CT molecular complexity index is 241. The lowest BCUT2D eigenvalue weighted by Gasteiger charge is -2.12. The van der Waals surface area contributed by atoms with Gasteiger partial charge in [-0.3, -0.25) is 0 Å². The zero-order chi connectivity index (χ0) is 13.8.